The number of aryl methyl sites for hydroxylation is 1. The van der Waals surface area contributed by atoms with Gasteiger partial charge in [0.2, 0.25) is 0 Å². The van der Waals surface area contributed by atoms with Gasteiger partial charge in [-0.3, -0.25) is 9.59 Å². The Labute approximate surface area is 253 Å². The summed E-state index contributed by atoms with van der Waals surface area (Å²) in [5.74, 6) is -1.27. The van der Waals surface area contributed by atoms with Crippen LogP contribution < -0.4 is 20.2 Å². The number of esters is 1. The van der Waals surface area contributed by atoms with Gasteiger partial charge in [0.05, 0.1) is 25.0 Å². The van der Waals surface area contributed by atoms with E-state index in [0.29, 0.717) is 40.8 Å². The van der Waals surface area contributed by atoms with Crippen molar-refractivity contribution in [2.75, 3.05) is 18.5 Å². The molecule has 9 nitrogen and oxygen atoms in total. The summed E-state index contributed by atoms with van der Waals surface area (Å²) in [6, 6.07) is 19.6. The molecule has 0 aliphatic heterocycles. The quantitative estimate of drug-likeness (QED) is 0.0997. The molecule has 0 atom stereocenters. The molecule has 2 N–H and O–H groups in total. The Kier molecular flexibility index (Phi) is 9.68. The first-order chi connectivity index (χ1) is 21.0. The maximum absolute atomic E-state index is 12.7. The number of nitrogens with one attached hydrogen (secondary N) is 2. The van der Waals surface area contributed by atoms with Crippen LogP contribution in [0.3, 0.4) is 0 Å². The Morgan fingerprint density at radius 3 is 2.56 bits per heavy atom. The van der Waals surface area contributed by atoms with Crippen molar-refractivity contribution in [2.45, 2.75) is 46.1 Å². The van der Waals surface area contributed by atoms with Gasteiger partial charge in [0.25, 0.3) is 0 Å². The fourth-order valence-electron chi connectivity index (χ4n) is 5.02. The second-order valence-corrected chi connectivity index (χ2v) is 11.0. The van der Waals surface area contributed by atoms with Crippen molar-refractivity contribution in [1.29, 1.82) is 0 Å². The molecule has 0 fully saturated rings. The summed E-state index contributed by atoms with van der Waals surface area (Å²) in [6.45, 7) is 4.62. The summed E-state index contributed by atoms with van der Waals surface area (Å²) in [7, 11) is 0. The van der Waals surface area contributed by atoms with Crippen molar-refractivity contribution in [2.24, 2.45) is 5.10 Å². The molecule has 1 aliphatic carbocycles. The highest BCUT2D eigenvalue weighted by Crippen LogP contribution is 2.38. The van der Waals surface area contributed by atoms with Crippen LogP contribution in [-0.4, -0.2) is 37.2 Å². The van der Waals surface area contributed by atoms with Gasteiger partial charge in [0.15, 0.2) is 11.5 Å². The molecule has 43 heavy (non-hydrogen) atoms. The van der Waals surface area contributed by atoms with Crippen LogP contribution in [0, 0.1) is 0 Å². The molecule has 1 heterocycles. The first kappa shape index (κ1) is 29.8. The summed E-state index contributed by atoms with van der Waals surface area (Å²) >= 11 is 1.32. The van der Waals surface area contributed by atoms with E-state index in [2.05, 4.69) is 34.0 Å². The molecule has 0 unspecified atom stereocenters. The zero-order chi connectivity index (χ0) is 30.2. The average molecular weight is 600 g/mol. The number of ether oxygens (including phenoxy) is 3. The second kappa shape index (κ2) is 14.0. The molecule has 3 aromatic carbocycles. The van der Waals surface area contributed by atoms with Gasteiger partial charge in [-0.05, 0) is 85.2 Å². The molecule has 1 aliphatic rings. The van der Waals surface area contributed by atoms with Crippen LogP contribution in [0.1, 0.15) is 58.6 Å². The van der Waals surface area contributed by atoms with E-state index in [-0.39, 0.29) is 6.61 Å². The van der Waals surface area contributed by atoms with Gasteiger partial charge in [-0.15, -0.1) is 11.3 Å². The van der Waals surface area contributed by atoms with Crippen molar-refractivity contribution in [3.63, 3.8) is 0 Å². The van der Waals surface area contributed by atoms with E-state index in [1.165, 1.54) is 17.6 Å². The third-order valence-electron chi connectivity index (χ3n) is 6.99. The summed E-state index contributed by atoms with van der Waals surface area (Å²) in [5, 5.41) is 9.13. The molecule has 0 bridgehead atoms. The van der Waals surface area contributed by atoms with Crippen LogP contribution >= 0.6 is 11.3 Å². The number of fused-ring (bicyclic) bond motifs is 2. The normalized spacial score (nSPS) is 12.5. The zero-order valence-corrected chi connectivity index (χ0v) is 24.9. The van der Waals surface area contributed by atoms with Gasteiger partial charge < -0.3 is 19.5 Å². The smallest absolute Gasteiger partial charge is 0.341 e. The predicted molar refractivity (Wildman–Crippen MR) is 167 cm³/mol. The summed E-state index contributed by atoms with van der Waals surface area (Å²) in [5.41, 5.74) is 5.19. The molecule has 2 amide bonds. The van der Waals surface area contributed by atoms with Crippen molar-refractivity contribution >= 4 is 51.1 Å². The number of carbonyl (C=O) groups excluding carboxylic acids is 3. The lowest BCUT2D eigenvalue weighted by Crippen LogP contribution is -2.32. The molecular formula is C33H33N3O6S. The molecule has 0 radical (unpaired) electrons. The highest BCUT2D eigenvalue weighted by Gasteiger charge is 2.28. The molecule has 5 rings (SSSR count). The molecule has 0 saturated heterocycles. The van der Waals surface area contributed by atoms with Gasteiger partial charge in [0.1, 0.15) is 11.6 Å². The Balaban J connectivity index is 1.23. The Hall–Kier alpha value is -4.70. The monoisotopic (exact) mass is 599 g/mol. The molecule has 0 spiro atoms. The minimum absolute atomic E-state index is 0.217. The highest BCUT2D eigenvalue weighted by atomic mass is 32.1. The van der Waals surface area contributed by atoms with E-state index in [1.807, 2.05) is 31.2 Å². The number of hydrogen-bond acceptors (Lipinski definition) is 8. The van der Waals surface area contributed by atoms with E-state index in [9.17, 15) is 14.4 Å². The zero-order valence-electron chi connectivity index (χ0n) is 24.1. The highest BCUT2D eigenvalue weighted by molar-refractivity contribution is 7.17. The maximum Gasteiger partial charge on any atom is 0.341 e. The number of hydrogen-bond donors (Lipinski definition) is 2. The minimum atomic E-state index is -0.961. The number of nitrogens with zero attached hydrogens (tertiary/aromatic N) is 1. The Bertz CT molecular complexity index is 1670. The first-order valence-electron chi connectivity index (χ1n) is 14.3. The molecule has 10 heteroatoms. The van der Waals surface area contributed by atoms with Crippen LogP contribution in [-0.2, 0) is 33.8 Å². The Morgan fingerprint density at radius 1 is 0.907 bits per heavy atom. The predicted octanol–water partition coefficient (Wildman–Crippen LogP) is 6.02. The number of benzene rings is 3. The topological polar surface area (TPSA) is 115 Å². The first-order valence-corrected chi connectivity index (χ1v) is 15.1. The number of thiophene rings is 1. The molecular weight excluding hydrogens is 566 g/mol. The maximum atomic E-state index is 12.7. The minimum Gasteiger partial charge on any atom is -0.490 e. The third kappa shape index (κ3) is 7.03. The summed E-state index contributed by atoms with van der Waals surface area (Å²) in [4.78, 5) is 38.9. The summed E-state index contributed by atoms with van der Waals surface area (Å²) in [6.07, 6.45) is 4.95. The number of anilines is 1. The number of amides is 2. The van der Waals surface area contributed by atoms with Crippen LogP contribution in [0.2, 0.25) is 0 Å². The van der Waals surface area contributed by atoms with Crippen molar-refractivity contribution in [1.82, 2.24) is 5.43 Å². The lowest BCUT2D eigenvalue weighted by molar-refractivity contribution is -0.136. The van der Waals surface area contributed by atoms with Gasteiger partial charge in [-0.2, -0.15) is 5.10 Å². The lowest BCUT2D eigenvalue weighted by atomic mass is 9.95. The average Bonchev–Trinajstić information content (AvgIpc) is 3.38. The van der Waals surface area contributed by atoms with Gasteiger partial charge in [-0.25, -0.2) is 10.2 Å². The van der Waals surface area contributed by atoms with Gasteiger partial charge in [-0.1, -0.05) is 42.5 Å². The number of carbonyl (C=O) groups is 3. The largest absolute Gasteiger partial charge is 0.490 e. The fraction of sp³-hybridized carbons (Fsp3) is 0.273. The van der Waals surface area contributed by atoms with E-state index >= 15 is 0 Å². The van der Waals surface area contributed by atoms with Gasteiger partial charge in [0, 0.05) is 4.88 Å². The van der Waals surface area contributed by atoms with E-state index in [4.69, 9.17) is 14.2 Å². The Morgan fingerprint density at radius 2 is 1.72 bits per heavy atom. The van der Waals surface area contributed by atoms with E-state index < -0.39 is 17.8 Å². The summed E-state index contributed by atoms with van der Waals surface area (Å²) < 4.78 is 17.1. The SMILES string of the molecule is CCOC(=O)c1c(NC(=O)C(=O)N/N=C/c2ccc(OCc3cccc4ccccc34)c(OCC)c2)sc2c1CCCC2. The molecule has 0 saturated carbocycles. The van der Waals surface area contributed by atoms with Crippen molar-refractivity contribution in [3.8, 4) is 11.5 Å². The van der Waals surface area contributed by atoms with Gasteiger partial charge >= 0.3 is 17.8 Å². The third-order valence-corrected chi connectivity index (χ3v) is 8.20. The lowest BCUT2D eigenvalue weighted by Gasteiger charge is -2.13. The second-order valence-electron chi connectivity index (χ2n) is 9.85. The standard InChI is InChI=1S/C33H33N3O6S/c1-3-40-27-18-21(16-17-26(27)42-20-23-12-9-11-22-10-5-6-13-24(22)23)19-34-36-31(38)30(37)35-32-29(33(39)41-4-2)25-14-7-8-15-28(25)43-32/h5-6,9-13,16-19H,3-4,7-8,14-15,20H2,1-2H3,(H,35,37)(H,36,38)/b34-19+. The van der Waals surface area contributed by atoms with Crippen LogP contribution in [0.5, 0.6) is 11.5 Å². The molecule has 1 aromatic heterocycles. The van der Waals surface area contributed by atoms with E-state index in [0.717, 1.165) is 52.5 Å². The molecule has 4 aromatic rings. The number of rotatable bonds is 10. The molecule has 222 valence electrons. The van der Waals surface area contributed by atoms with Crippen molar-refractivity contribution < 1.29 is 28.6 Å². The van der Waals surface area contributed by atoms with Crippen molar-refractivity contribution in [3.05, 3.63) is 87.8 Å². The van der Waals surface area contributed by atoms with Crippen LogP contribution in [0.25, 0.3) is 10.8 Å². The van der Waals surface area contributed by atoms with Crippen LogP contribution in [0.15, 0.2) is 65.8 Å². The van der Waals surface area contributed by atoms with Crippen LogP contribution in [0.4, 0.5) is 5.00 Å². The van der Waals surface area contributed by atoms with E-state index in [1.54, 1.807) is 25.1 Å². The number of hydrazone groups is 1. The fourth-order valence-corrected chi connectivity index (χ4v) is 6.29.